The number of nitrogens with one attached hydrogen (secondary N) is 1. The maximum absolute atomic E-state index is 12.8. The molecule has 6 heteroatoms. The third-order valence-electron chi connectivity index (χ3n) is 5.42. The molecular weight excluding hydrogens is 394 g/mol. The summed E-state index contributed by atoms with van der Waals surface area (Å²) in [6, 6.07) is 22.3. The van der Waals surface area contributed by atoms with E-state index in [1.807, 2.05) is 36.4 Å². The second-order valence-corrected chi connectivity index (χ2v) is 8.37. The first-order valence-corrected chi connectivity index (χ1v) is 11.1. The molecule has 4 rings (SSSR count). The van der Waals surface area contributed by atoms with E-state index in [1.54, 1.807) is 18.4 Å². The Labute approximate surface area is 181 Å². The van der Waals surface area contributed by atoms with Gasteiger partial charge in [0.05, 0.1) is 19.7 Å². The molecule has 1 atom stereocenters. The van der Waals surface area contributed by atoms with Gasteiger partial charge in [-0.15, -0.1) is 11.3 Å². The van der Waals surface area contributed by atoms with Gasteiger partial charge < -0.3 is 15.0 Å². The van der Waals surface area contributed by atoms with Crippen LogP contribution in [0, 0.1) is 0 Å². The number of methoxy groups -OCH3 is 1. The van der Waals surface area contributed by atoms with Crippen LogP contribution in [0.15, 0.2) is 72.1 Å². The Balaban J connectivity index is 1.34. The molecular formula is C24H27N3O2S. The minimum atomic E-state index is -0.100. The fourth-order valence-electron chi connectivity index (χ4n) is 3.80. The predicted molar refractivity (Wildman–Crippen MR) is 122 cm³/mol. The molecule has 1 aromatic heterocycles. The molecule has 2 aromatic carbocycles. The first kappa shape index (κ1) is 20.4. The average molecular weight is 422 g/mol. The summed E-state index contributed by atoms with van der Waals surface area (Å²) in [6.45, 7) is 3.93. The zero-order valence-electron chi connectivity index (χ0n) is 17.2. The zero-order valence-corrected chi connectivity index (χ0v) is 18.0. The van der Waals surface area contributed by atoms with E-state index in [1.165, 1.54) is 5.69 Å². The second kappa shape index (κ2) is 9.78. The van der Waals surface area contributed by atoms with Crippen LogP contribution in [-0.2, 0) is 4.79 Å². The van der Waals surface area contributed by atoms with E-state index in [9.17, 15) is 4.79 Å². The van der Waals surface area contributed by atoms with Crippen LogP contribution in [0.25, 0.3) is 0 Å². The van der Waals surface area contributed by atoms with Crippen LogP contribution >= 0.6 is 11.3 Å². The minimum Gasteiger partial charge on any atom is -0.497 e. The highest BCUT2D eigenvalue weighted by atomic mass is 32.1. The number of rotatable bonds is 7. The number of piperazine rings is 1. The van der Waals surface area contributed by atoms with Crippen molar-refractivity contribution in [2.75, 3.05) is 44.7 Å². The Hall–Kier alpha value is -2.83. The highest BCUT2D eigenvalue weighted by Crippen LogP contribution is 2.26. The van der Waals surface area contributed by atoms with Crippen molar-refractivity contribution >= 4 is 22.9 Å². The third-order valence-corrected chi connectivity index (χ3v) is 6.36. The molecule has 156 valence electrons. The number of carbonyl (C=O) groups is 1. The first-order chi connectivity index (χ1) is 14.7. The van der Waals surface area contributed by atoms with Crippen molar-refractivity contribution in [3.63, 3.8) is 0 Å². The lowest BCUT2D eigenvalue weighted by atomic mass is 10.1. The highest BCUT2D eigenvalue weighted by Gasteiger charge is 2.22. The van der Waals surface area contributed by atoms with Gasteiger partial charge >= 0.3 is 0 Å². The first-order valence-electron chi connectivity index (χ1n) is 10.2. The molecule has 0 bridgehead atoms. The quantitative estimate of drug-likeness (QED) is 0.631. The fourth-order valence-corrected chi connectivity index (χ4v) is 4.60. The monoisotopic (exact) mass is 421 g/mol. The van der Waals surface area contributed by atoms with Gasteiger partial charge in [0, 0.05) is 42.8 Å². The lowest BCUT2D eigenvalue weighted by molar-refractivity contribution is -0.122. The average Bonchev–Trinajstić information content (AvgIpc) is 3.33. The highest BCUT2D eigenvalue weighted by molar-refractivity contribution is 7.10. The molecule has 2 heterocycles. The molecule has 1 fully saturated rings. The number of thiophene rings is 1. The normalized spacial score (nSPS) is 15.6. The van der Waals surface area contributed by atoms with Gasteiger partial charge in [-0.3, -0.25) is 9.69 Å². The lowest BCUT2D eigenvalue weighted by Crippen LogP contribution is -2.49. The number of benzene rings is 2. The Bertz CT molecular complexity index is 938. The standard InChI is InChI=1S/C24H27N3O2S/c1-29-21-10-5-9-20(17-21)27-14-12-26(13-15-27)18-23(28)25-24(22-11-6-16-30-22)19-7-3-2-4-8-19/h2-11,16-17,24H,12-15,18H2,1H3,(H,25,28)/t24-/m1/s1. The van der Waals surface area contributed by atoms with E-state index < -0.39 is 0 Å². The van der Waals surface area contributed by atoms with Gasteiger partial charge in [0.15, 0.2) is 0 Å². The summed E-state index contributed by atoms with van der Waals surface area (Å²) in [5.41, 5.74) is 2.27. The number of nitrogens with zero attached hydrogens (tertiary/aromatic N) is 2. The van der Waals surface area contributed by atoms with E-state index in [0.717, 1.165) is 42.4 Å². The summed E-state index contributed by atoms with van der Waals surface area (Å²) in [4.78, 5) is 18.6. The van der Waals surface area contributed by atoms with Gasteiger partial charge in [0.1, 0.15) is 5.75 Å². The van der Waals surface area contributed by atoms with Gasteiger partial charge in [-0.05, 0) is 29.1 Å². The molecule has 1 amide bonds. The van der Waals surface area contributed by atoms with Crippen LogP contribution in [0.3, 0.4) is 0 Å². The van der Waals surface area contributed by atoms with E-state index in [4.69, 9.17) is 4.74 Å². The van der Waals surface area contributed by atoms with E-state index in [2.05, 4.69) is 50.8 Å². The second-order valence-electron chi connectivity index (χ2n) is 7.39. The molecule has 0 spiro atoms. The van der Waals surface area contributed by atoms with Crippen molar-refractivity contribution in [3.05, 3.63) is 82.6 Å². The van der Waals surface area contributed by atoms with Gasteiger partial charge in [0.2, 0.25) is 5.91 Å². The summed E-state index contributed by atoms with van der Waals surface area (Å²) in [5.74, 6) is 0.932. The van der Waals surface area contributed by atoms with Crippen molar-refractivity contribution in [2.45, 2.75) is 6.04 Å². The van der Waals surface area contributed by atoms with Gasteiger partial charge in [-0.1, -0.05) is 42.5 Å². The molecule has 1 saturated heterocycles. The molecule has 1 N–H and O–H groups in total. The van der Waals surface area contributed by atoms with Crippen LogP contribution in [0.2, 0.25) is 0 Å². The number of anilines is 1. The van der Waals surface area contributed by atoms with Crippen LogP contribution in [-0.4, -0.2) is 50.6 Å². The molecule has 0 aliphatic carbocycles. The molecule has 30 heavy (non-hydrogen) atoms. The van der Waals surface area contributed by atoms with Crippen molar-refractivity contribution in [2.24, 2.45) is 0 Å². The molecule has 1 aliphatic heterocycles. The van der Waals surface area contributed by atoms with Crippen molar-refractivity contribution in [1.82, 2.24) is 10.2 Å². The zero-order chi connectivity index (χ0) is 20.8. The lowest BCUT2D eigenvalue weighted by Gasteiger charge is -2.36. The molecule has 5 nitrogen and oxygen atoms in total. The number of hydrogen-bond donors (Lipinski definition) is 1. The maximum atomic E-state index is 12.8. The number of ether oxygens (including phenoxy) is 1. The van der Waals surface area contributed by atoms with Crippen LogP contribution in [0.5, 0.6) is 5.75 Å². The van der Waals surface area contributed by atoms with E-state index >= 15 is 0 Å². The molecule has 0 saturated carbocycles. The van der Waals surface area contributed by atoms with Crippen molar-refractivity contribution in [3.8, 4) is 5.75 Å². The summed E-state index contributed by atoms with van der Waals surface area (Å²) in [7, 11) is 1.69. The molecule has 0 unspecified atom stereocenters. The number of carbonyl (C=O) groups excluding carboxylic acids is 1. The van der Waals surface area contributed by atoms with E-state index in [0.29, 0.717) is 6.54 Å². The third kappa shape index (κ3) is 5.01. The summed E-state index contributed by atoms with van der Waals surface area (Å²) < 4.78 is 5.33. The largest absolute Gasteiger partial charge is 0.497 e. The Morgan fingerprint density at radius 1 is 1.03 bits per heavy atom. The summed E-state index contributed by atoms with van der Waals surface area (Å²) in [6.07, 6.45) is 0. The Morgan fingerprint density at radius 2 is 1.83 bits per heavy atom. The van der Waals surface area contributed by atoms with Gasteiger partial charge in [0.25, 0.3) is 0 Å². The van der Waals surface area contributed by atoms with Crippen LogP contribution in [0.1, 0.15) is 16.5 Å². The number of amides is 1. The molecule has 0 radical (unpaired) electrons. The maximum Gasteiger partial charge on any atom is 0.234 e. The topological polar surface area (TPSA) is 44.8 Å². The fraction of sp³-hybridized carbons (Fsp3) is 0.292. The van der Waals surface area contributed by atoms with Crippen molar-refractivity contribution < 1.29 is 9.53 Å². The number of hydrogen-bond acceptors (Lipinski definition) is 5. The molecule has 1 aliphatic rings. The Kier molecular flexibility index (Phi) is 6.67. The van der Waals surface area contributed by atoms with Crippen LogP contribution in [0.4, 0.5) is 5.69 Å². The summed E-state index contributed by atoms with van der Waals surface area (Å²) >= 11 is 1.67. The molecule has 3 aromatic rings. The smallest absolute Gasteiger partial charge is 0.234 e. The van der Waals surface area contributed by atoms with Crippen LogP contribution < -0.4 is 15.0 Å². The predicted octanol–water partition coefficient (Wildman–Crippen LogP) is 3.78. The summed E-state index contributed by atoms with van der Waals surface area (Å²) in [5, 5.41) is 5.29. The van der Waals surface area contributed by atoms with Crippen molar-refractivity contribution in [1.29, 1.82) is 0 Å². The Morgan fingerprint density at radius 3 is 2.53 bits per heavy atom. The van der Waals surface area contributed by atoms with E-state index in [-0.39, 0.29) is 11.9 Å². The SMILES string of the molecule is COc1cccc(N2CCN(CC(=O)N[C@H](c3ccccc3)c3cccs3)CC2)c1. The van der Waals surface area contributed by atoms with Gasteiger partial charge in [-0.25, -0.2) is 0 Å². The van der Waals surface area contributed by atoms with Gasteiger partial charge in [-0.2, -0.15) is 0 Å². The minimum absolute atomic E-state index is 0.0621.